The van der Waals surface area contributed by atoms with E-state index in [1.807, 2.05) is 48.4 Å². The Kier molecular flexibility index (Phi) is 5.91. The average molecular weight is 373 g/mol. The highest BCUT2D eigenvalue weighted by atomic mass is 32.2. The van der Waals surface area contributed by atoms with Gasteiger partial charge in [-0.15, -0.1) is 11.8 Å². The summed E-state index contributed by atoms with van der Waals surface area (Å²) in [7, 11) is 1.92. The van der Waals surface area contributed by atoms with Crippen molar-refractivity contribution < 1.29 is 4.79 Å². The molecule has 0 bridgehead atoms. The number of likely N-dealkylation sites (tertiary alicyclic amines) is 1. The van der Waals surface area contributed by atoms with Crippen molar-refractivity contribution in [2.75, 3.05) is 13.1 Å². The van der Waals surface area contributed by atoms with Gasteiger partial charge in [0, 0.05) is 41.5 Å². The Morgan fingerprint density at radius 1 is 1.23 bits per heavy atom. The lowest BCUT2D eigenvalue weighted by Crippen LogP contribution is -2.45. The maximum absolute atomic E-state index is 12.6. The molecule has 1 aromatic carbocycles. The fourth-order valence-corrected chi connectivity index (χ4v) is 4.41. The number of nitrogens with zero attached hydrogens (tertiary/aromatic N) is 3. The summed E-state index contributed by atoms with van der Waals surface area (Å²) in [5, 5.41) is 7.96. The number of aryl methyl sites for hydroxylation is 2. The van der Waals surface area contributed by atoms with Crippen LogP contribution in [0.4, 0.5) is 4.79 Å². The van der Waals surface area contributed by atoms with Crippen molar-refractivity contribution in [2.45, 2.75) is 49.8 Å². The fourth-order valence-electron chi connectivity index (χ4n) is 3.28. The summed E-state index contributed by atoms with van der Waals surface area (Å²) in [6, 6.07) is 8.70. The summed E-state index contributed by atoms with van der Waals surface area (Å²) in [6.07, 6.45) is 3.91. The van der Waals surface area contributed by atoms with Gasteiger partial charge in [-0.05, 0) is 45.7 Å². The van der Waals surface area contributed by atoms with Gasteiger partial charge in [0.1, 0.15) is 0 Å². The van der Waals surface area contributed by atoms with Gasteiger partial charge >= 0.3 is 6.03 Å². The minimum absolute atomic E-state index is 0.0274. The number of nitrogens with one attached hydrogen (secondary N) is 1. The Balaban J connectivity index is 1.48. The molecule has 0 unspecified atom stereocenters. The van der Waals surface area contributed by atoms with Crippen LogP contribution in [-0.4, -0.2) is 39.1 Å². The lowest BCUT2D eigenvalue weighted by molar-refractivity contribution is 0.184. The maximum atomic E-state index is 12.6. The highest BCUT2D eigenvalue weighted by molar-refractivity contribution is 8.00. The van der Waals surface area contributed by atoms with Crippen LogP contribution in [0.3, 0.4) is 0 Å². The lowest BCUT2D eigenvalue weighted by atomic mass is 10.1. The van der Waals surface area contributed by atoms with Gasteiger partial charge in [0.25, 0.3) is 0 Å². The van der Waals surface area contributed by atoms with E-state index in [0.29, 0.717) is 5.25 Å². The average Bonchev–Trinajstić information content (AvgIpc) is 2.97. The molecule has 2 aromatic rings. The number of urea groups is 1. The van der Waals surface area contributed by atoms with Crippen LogP contribution in [0.15, 0.2) is 35.4 Å². The Labute approximate surface area is 160 Å². The summed E-state index contributed by atoms with van der Waals surface area (Å²) in [5.41, 5.74) is 3.45. The first kappa shape index (κ1) is 18.8. The van der Waals surface area contributed by atoms with Crippen LogP contribution in [0.2, 0.25) is 0 Å². The van der Waals surface area contributed by atoms with Crippen molar-refractivity contribution >= 4 is 17.8 Å². The second-order valence-electron chi connectivity index (χ2n) is 7.10. The minimum Gasteiger partial charge on any atom is -0.331 e. The van der Waals surface area contributed by atoms with Crippen molar-refractivity contribution in [2.24, 2.45) is 7.05 Å². The monoisotopic (exact) mass is 372 g/mol. The molecule has 1 saturated heterocycles. The van der Waals surface area contributed by atoms with Crippen LogP contribution in [-0.2, 0) is 7.05 Å². The summed E-state index contributed by atoms with van der Waals surface area (Å²) < 4.78 is 1.84. The summed E-state index contributed by atoms with van der Waals surface area (Å²) in [6.45, 7) is 7.78. The number of carbonyl (C=O) groups excluding carboxylic acids is 1. The number of carbonyl (C=O) groups is 1. The van der Waals surface area contributed by atoms with Crippen molar-refractivity contribution in [3.05, 3.63) is 47.3 Å². The molecule has 0 radical (unpaired) electrons. The van der Waals surface area contributed by atoms with E-state index in [0.717, 1.165) is 37.2 Å². The zero-order valence-electron chi connectivity index (χ0n) is 16.0. The highest BCUT2D eigenvalue weighted by Gasteiger charge is 2.25. The standard InChI is InChI=1S/C20H28N4OS/c1-14-5-7-17(8-6-14)26-18-9-11-24(12-10-18)20(25)22-15(2)19-13-21-23(4)16(19)3/h5-8,13,15,18H,9-12H2,1-4H3,(H,22,25)/t15-/m0/s1. The number of hydrogen-bond donors (Lipinski definition) is 1. The van der Waals surface area contributed by atoms with Gasteiger partial charge in [-0.1, -0.05) is 17.7 Å². The number of aromatic nitrogens is 2. The molecule has 0 saturated carbocycles. The predicted octanol–water partition coefficient (Wildman–Crippen LogP) is 4.06. The van der Waals surface area contributed by atoms with Crippen molar-refractivity contribution in [3.8, 4) is 0 Å². The summed E-state index contributed by atoms with van der Waals surface area (Å²) in [5.74, 6) is 0. The van der Waals surface area contributed by atoms with Crippen LogP contribution >= 0.6 is 11.8 Å². The number of hydrogen-bond acceptors (Lipinski definition) is 3. The molecule has 2 heterocycles. The molecule has 2 amide bonds. The second kappa shape index (κ2) is 8.16. The van der Waals surface area contributed by atoms with E-state index >= 15 is 0 Å². The van der Waals surface area contributed by atoms with Crippen LogP contribution in [0, 0.1) is 13.8 Å². The molecule has 0 aliphatic carbocycles. The topological polar surface area (TPSA) is 50.2 Å². The third-order valence-electron chi connectivity index (χ3n) is 5.13. The molecule has 1 aliphatic heterocycles. The highest BCUT2D eigenvalue weighted by Crippen LogP contribution is 2.30. The second-order valence-corrected chi connectivity index (χ2v) is 8.47. The Morgan fingerprint density at radius 3 is 2.46 bits per heavy atom. The quantitative estimate of drug-likeness (QED) is 0.880. The third-order valence-corrected chi connectivity index (χ3v) is 6.48. The molecule has 0 spiro atoms. The smallest absolute Gasteiger partial charge is 0.317 e. The predicted molar refractivity (Wildman–Crippen MR) is 107 cm³/mol. The van der Waals surface area contributed by atoms with Crippen molar-refractivity contribution in [1.82, 2.24) is 20.0 Å². The van der Waals surface area contributed by atoms with Gasteiger partial charge in [-0.25, -0.2) is 4.79 Å². The molecule has 1 atom stereocenters. The van der Waals surface area contributed by atoms with Crippen LogP contribution in [0.25, 0.3) is 0 Å². The van der Waals surface area contributed by atoms with Gasteiger partial charge < -0.3 is 10.2 Å². The van der Waals surface area contributed by atoms with E-state index < -0.39 is 0 Å². The lowest BCUT2D eigenvalue weighted by Gasteiger charge is -2.32. The van der Waals surface area contributed by atoms with E-state index in [1.165, 1.54) is 10.5 Å². The zero-order chi connectivity index (χ0) is 18.7. The molecule has 1 aromatic heterocycles. The molecular formula is C20H28N4OS. The van der Waals surface area contributed by atoms with E-state index in [1.54, 1.807) is 0 Å². The molecular weight excluding hydrogens is 344 g/mol. The number of benzene rings is 1. The number of thioether (sulfide) groups is 1. The van der Waals surface area contributed by atoms with Crippen LogP contribution < -0.4 is 5.32 Å². The Hall–Kier alpha value is -1.95. The van der Waals surface area contributed by atoms with E-state index in [2.05, 4.69) is 41.6 Å². The molecule has 5 nitrogen and oxygen atoms in total. The van der Waals surface area contributed by atoms with E-state index in [-0.39, 0.29) is 12.1 Å². The largest absolute Gasteiger partial charge is 0.331 e. The maximum Gasteiger partial charge on any atom is 0.317 e. The molecule has 1 aliphatic rings. The minimum atomic E-state index is -0.0316. The SMILES string of the molecule is Cc1ccc(SC2CCN(C(=O)N[C@@H](C)c3cnn(C)c3C)CC2)cc1. The summed E-state index contributed by atoms with van der Waals surface area (Å²) in [4.78, 5) is 15.8. The number of amides is 2. The zero-order valence-corrected chi connectivity index (χ0v) is 16.8. The first-order chi connectivity index (χ1) is 12.4. The molecule has 1 fully saturated rings. The molecule has 3 rings (SSSR count). The van der Waals surface area contributed by atoms with E-state index in [9.17, 15) is 4.79 Å². The molecule has 6 heteroatoms. The van der Waals surface area contributed by atoms with Gasteiger partial charge in [0.05, 0.1) is 12.2 Å². The Morgan fingerprint density at radius 2 is 1.88 bits per heavy atom. The van der Waals surface area contributed by atoms with E-state index in [4.69, 9.17) is 0 Å². The molecule has 140 valence electrons. The third kappa shape index (κ3) is 4.41. The van der Waals surface area contributed by atoms with Crippen molar-refractivity contribution in [3.63, 3.8) is 0 Å². The van der Waals surface area contributed by atoms with Crippen LogP contribution in [0.5, 0.6) is 0 Å². The van der Waals surface area contributed by atoms with Gasteiger partial charge in [-0.3, -0.25) is 4.68 Å². The Bertz CT molecular complexity index is 748. The van der Waals surface area contributed by atoms with Crippen molar-refractivity contribution in [1.29, 1.82) is 0 Å². The normalized spacial score (nSPS) is 16.5. The number of piperidine rings is 1. The van der Waals surface area contributed by atoms with Gasteiger partial charge in [0.15, 0.2) is 0 Å². The number of rotatable bonds is 4. The first-order valence-electron chi connectivity index (χ1n) is 9.21. The summed E-state index contributed by atoms with van der Waals surface area (Å²) >= 11 is 1.93. The fraction of sp³-hybridized carbons (Fsp3) is 0.500. The first-order valence-corrected chi connectivity index (χ1v) is 10.1. The van der Waals surface area contributed by atoms with Gasteiger partial charge in [0.2, 0.25) is 0 Å². The molecule has 1 N–H and O–H groups in total. The van der Waals surface area contributed by atoms with Crippen LogP contribution in [0.1, 0.15) is 42.6 Å². The molecule has 26 heavy (non-hydrogen) atoms. The van der Waals surface area contributed by atoms with Gasteiger partial charge in [-0.2, -0.15) is 5.10 Å².